The summed E-state index contributed by atoms with van der Waals surface area (Å²) in [5.74, 6) is 0. The van der Waals surface area contributed by atoms with Crippen LogP contribution in [0.2, 0.25) is 5.02 Å². The molecular formula is C10H15ClN4O. The molecule has 88 valence electrons. The molecule has 2 rings (SSSR count). The first-order valence-electron chi connectivity index (χ1n) is 5.32. The summed E-state index contributed by atoms with van der Waals surface area (Å²) in [6.07, 6.45) is 1.61. The third kappa shape index (κ3) is 2.20. The van der Waals surface area contributed by atoms with E-state index in [-0.39, 0.29) is 10.6 Å². The van der Waals surface area contributed by atoms with Crippen molar-refractivity contribution in [3.63, 3.8) is 0 Å². The Morgan fingerprint density at radius 1 is 1.44 bits per heavy atom. The molecule has 1 fully saturated rings. The molecule has 2 atom stereocenters. The monoisotopic (exact) mass is 242 g/mol. The maximum absolute atomic E-state index is 11.4. The number of aromatic amines is 1. The van der Waals surface area contributed by atoms with Gasteiger partial charge in [-0.3, -0.25) is 4.79 Å². The Labute approximate surface area is 98.8 Å². The van der Waals surface area contributed by atoms with E-state index in [9.17, 15) is 4.79 Å². The first-order chi connectivity index (χ1) is 7.58. The van der Waals surface area contributed by atoms with E-state index in [0.29, 0.717) is 17.8 Å². The van der Waals surface area contributed by atoms with Gasteiger partial charge in [0.15, 0.2) is 0 Å². The molecule has 16 heavy (non-hydrogen) atoms. The summed E-state index contributed by atoms with van der Waals surface area (Å²) < 4.78 is 0. The van der Waals surface area contributed by atoms with Crippen LogP contribution in [-0.2, 0) is 0 Å². The van der Waals surface area contributed by atoms with Crippen molar-refractivity contribution in [2.24, 2.45) is 0 Å². The summed E-state index contributed by atoms with van der Waals surface area (Å²) in [6, 6.07) is 0.748. The first-order valence-corrected chi connectivity index (χ1v) is 5.70. The lowest BCUT2D eigenvalue weighted by Crippen LogP contribution is -2.54. The summed E-state index contributed by atoms with van der Waals surface area (Å²) in [6.45, 7) is 5.87. The first kappa shape index (κ1) is 11.4. The van der Waals surface area contributed by atoms with Crippen molar-refractivity contribution in [3.05, 3.63) is 21.6 Å². The highest BCUT2D eigenvalue weighted by Gasteiger charge is 2.23. The van der Waals surface area contributed by atoms with E-state index >= 15 is 0 Å². The molecule has 0 saturated carbocycles. The zero-order valence-corrected chi connectivity index (χ0v) is 10.1. The minimum absolute atomic E-state index is 0.219. The van der Waals surface area contributed by atoms with Gasteiger partial charge in [-0.2, -0.15) is 5.10 Å². The predicted octanol–water partition coefficient (Wildman–Crippen LogP) is 0.610. The van der Waals surface area contributed by atoms with Gasteiger partial charge < -0.3 is 10.2 Å². The summed E-state index contributed by atoms with van der Waals surface area (Å²) in [5.41, 5.74) is 0.378. The van der Waals surface area contributed by atoms with E-state index in [1.165, 1.54) is 0 Å². The molecule has 1 saturated heterocycles. The average Bonchev–Trinajstić information content (AvgIpc) is 2.20. The fourth-order valence-electron chi connectivity index (χ4n) is 2.12. The Morgan fingerprint density at radius 2 is 2.06 bits per heavy atom. The van der Waals surface area contributed by atoms with Crippen molar-refractivity contribution in [1.82, 2.24) is 15.5 Å². The molecule has 1 aromatic heterocycles. The van der Waals surface area contributed by atoms with Crippen molar-refractivity contribution in [3.8, 4) is 0 Å². The number of nitrogens with zero attached hydrogens (tertiary/aromatic N) is 2. The van der Waals surface area contributed by atoms with E-state index in [1.54, 1.807) is 6.20 Å². The van der Waals surface area contributed by atoms with Gasteiger partial charge in [-0.1, -0.05) is 11.6 Å². The lowest BCUT2D eigenvalue weighted by Gasteiger charge is -2.37. The molecule has 2 unspecified atom stereocenters. The van der Waals surface area contributed by atoms with Crippen LogP contribution in [0.3, 0.4) is 0 Å². The SMILES string of the molecule is CC1CN(c2cn[nH]c(=O)c2Cl)CC(C)N1. The summed E-state index contributed by atoms with van der Waals surface area (Å²) in [4.78, 5) is 13.4. The molecule has 0 aromatic carbocycles. The zero-order chi connectivity index (χ0) is 11.7. The largest absolute Gasteiger partial charge is 0.366 e. The van der Waals surface area contributed by atoms with E-state index < -0.39 is 0 Å². The number of hydrogen-bond acceptors (Lipinski definition) is 4. The Kier molecular flexibility index (Phi) is 3.16. The standard InChI is InChI=1S/C10H15ClN4O/c1-6-4-15(5-7(2)13-6)8-3-12-14-10(16)9(8)11/h3,6-7,13H,4-5H2,1-2H3,(H,14,16). The number of H-pyrrole nitrogens is 1. The smallest absolute Gasteiger partial charge is 0.285 e. The number of piperazine rings is 1. The van der Waals surface area contributed by atoms with Crippen molar-refractivity contribution in [2.45, 2.75) is 25.9 Å². The Balaban J connectivity index is 2.30. The van der Waals surface area contributed by atoms with Crippen molar-refractivity contribution < 1.29 is 0 Å². The van der Waals surface area contributed by atoms with Crippen molar-refractivity contribution in [2.75, 3.05) is 18.0 Å². The Hall–Kier alpha value is -1.07. The summed E-state index contributed by atoms with van der Waals surface area (Å²) in [5, 5.41) is 9.75. The van der Waals surface area contributed by atoms with Crippen LogP contribution >= 0.6 is 11.6 Å². The number of anilines is 1. The van der Waals surface area contributed by atoms with Gasteiger partial charge >= 0.3 is 0 Å². The summed E-state index contributed by atoms with van der Waals surface area (Å²) >= 11 is 5.98. The Morgan fingerprint density at radius 3 is 2.69 bits per heavy atom. The average molecular weight is 243 g/mol. The molecule has 5 nitrogen and oxygen atoms in total. The molecule has 2 N–H and O–H groups in total. The molecule has 0 spiro atoms. The van der Waals surface area contributed by atoms with Crippen LogP contribution in [0.25, 0.3) is 0 Å². The molecule has 1 aliphatic heterocycles. The van der Waals surface area contributed by atoms with Crippen LogP contribution in [0.5, 0.6) is 0 Å². The quantitative estimate of drug-likeness (QED) is 0.758. The van der Waals surface area contributed by atoms with Gasteiger partial charge in [0.05, 0.1) is 11.9 Å². The van der Waals surface area contributed by atoms with E-state index in [0.717, 1.165) is 13.1 Å². The van der Waals surface area contributed by atoms with Gasteiger partial charge in [-0.15, -0.1) is 0 Å². The molecule has 0 bridgehead atoms. The van der Waals surface area contributed by atoms with Crippen LogP contribution < -0.4 is 15.8 Å². The number of hydrogen-bond donors (Lipinski definition) is 2. The second-order valence-electron chi connectivity index (χ2n) is 4.27. The maximum Gasteiger partial charge on any atom is 0.285 e. The van der Waals surface area contributed by atoms with Crippen LogP contribution in [0.15, 0.2) is 11.0 Å². The highest BCUT2D eigenvalue weighted by Crippen LogP contribution is 2.22. The maximum atomic E-state index is 11.4. The topological polar surface area (TPSA) is 61.0 Å². The van der Waals surface area contributed by atoms with Gasteiger partial charge in [-0.05, 0) is 13.8 Å². The van der Waals surface area contributed by atoms with Gasteiger partial charge in [0.1, 0.15) is 5.02 Å². The van der Waals surface area contributed by atoms with Gasteiger partial charge in [-0.25, -0.2) is 5.10 Å². The fourth-order valence-corrected chi connectivity index (χ4v) is 2.33. The third-order valence-electron chi connectivity index (χ3n) is 2.68. The van der Waals surface area contributed by atoms with Crippen LogP contribution in [0.1, 0.15) is 13.8 Å². The number of nitrogens with one attached hydrogen (secondary N) is 2. The fraction of sp³-hybridized carbons (Fsp3) is 0.600. The Bertz CT molecular complexity index is 423. The minimum Gasteiger partial charge on any atom is -0.366 e. The van der Waals surface area contributed by atoms with Gasteiger partial charge in [0, 0.05) is 25.2 Å². The molecule has 1 aromatic rings. The highest BCUT2D eigenvalue weighted by atomic mass is 35.5. The van der Waals surface area contributed by atoms with Gasteiger partial charge in [0.25, 0.3) is 5.56 Å². The second-order valence-corrected chi connectivity index (χ2v) is 4.65. The lowest BCUT2D eigenvalue weighted by atomic mass is 10.1. The molecule has 0 amide bonds. The highest BCUT2D eigenvalue weighted by molar-refractivity contribution is 6.33. The molecule has 0 radical (unpaired) electrons. The molecular weight excluding hydrogens is 228 g/mol. The predicted molar refractivity (Wildman–Crippen MR) is 64.1 cm³/mol. The van der Waals surface area contributed by atoms with Crippen LogP contribution in [-0.4, -0.2) is 35.4 Å². The molecule has 0 aliphatic carbocycles. The lowest BCUT2D eigenvalue weighted by molar-refractivity contribution is 0.406. The van der Waals surface area contributed by atoms with E-state index in [1.807, 2.05) is 0 Å². The molecule has 1 aliphatic rings. The van der Waals surface area contributed by atoms with Gasteiger partial charge in [0.2, 0.25) is 0 Å². The molecule has 6 heteroatoms. The normalized spacial score (nSPS) is 25.8. The number of rotatable bonds is 1. The van der Waals surface area contributed by atoms with Crippen molar-refractivity contribution in [1.29, 1.82) is 0 Å². The zero-order valence-electron chi connectivity index (χ0n) is 9.33. The minimum atomic E-state index is -0.335. The second kappa shape index (κ2) is 4.43. The van der Waals surface area contributed by atoms with Crippen LogP contribution in [0, 0.1) is 0 Å². The number of halogens is 1. The van der Waals surface area contributed by atoms with Crippen molar-refractivity contribution >= 4 is 17.3 Å². The third-order valence-corrected chi connectivity index (χ3v) is 3.04. The van der Waals surface area contributed by atoms with E-state index in [4.69, 9.17) is 11.6 Å². The summed E-state index contributed by atoms with van der Waals surface area (Å²) in [7, 11) is 0. The molecule has 2 heterocycles. The number of aromatic nitrogens is 2. The van der Waals surface area contributed by atoms with Crippen LogP contribution in [0.4, 0.5) is 5.69 Å². The van der Waals surface area contributed by atoms with E-state index in [2.05, 4.69) is 34.3 Å².